The van der Waals surface area contributed by atoms with Crippen LogP contribution in [0.2, 0.25) is 39.3 Å². The predicted octanol–water partition coefficient (Wildman–Crippen LogP) is 1.06. The van der Waals surface area contributed by atoms with Crippen LogP contribution in [0.1, 0.15) is 46.9 Å². The van der Waals surface area contributed by atoms with Gasteiger partial charge in [0, 0.05) is 0 Å². The van der Waals surface area contributed by atoms with Crippen molar-refractivity contribution in [1.29, 1.82) is 0 Å². The maximum Gasteiger partial charge on any atom is -1.00 e. The minimum atomic E-state index is -2.00. The zero-order valence-electron chi connectivity index (χ0n) is 21.6. The summed E-state index contributed by atoms with van der Waals surface area (Å²) in [5, 5.41) is 3.23. The van der Waals surface area contributed by atoms with E-state index in [9.17, 15) is 0 Å². The van der Waals surface area contributed by atoms with Crippen molar-refractivity contribution in [2.45, 2.75) is 75.0 Å². The van der Waals surface area contributed by atoms with Crippen molar-refractivity contribution in [3.63, 3.8) is 0 Å². The molecular weight excluding hydrogens is 567 g/mol. The summed E-state index contributed by atoms with van der Waals surface area (Å²) in [6.45, 7) is 14.9. The van der Waals surface area contributed by atoms with E-state index in [1.54, 1.807) is 32.6 Å². The second kappa shape index (κ2) is 10.6. The van der Waals surface area contributed by atoms with Gasteiger partial charge < -0.3 is 24.8 Å². The second-order valence-corrected chi connectivity index (χ2v) is 29.0. The molecule has 180 valence electrons. The summed E-state index contributed by atoms with van der Waals surface area (Å²) in [6, 6.07) is 15.4. The number of allylic oxidation sites excluding steroid dienone is 4. The third-order valence-corrected chi connectivity index (χ3v) is 20.5. The first kappa shape index (κ1) is 28.3. The molecule has 3 aliphatic carbocycles. The molecule has 0 nitrogen and oxygen atoms in total. The normalized spacial score (nSPS) is 16.9. The molecule has 2 aromatic rings. The Hall–Kier alpha value is -0.313. The maximum atomic E-state index is 2.62. The Morgan fingerprint density at radius 2 is 1.24 bits per heavy atom. The Morgan fingerprint density at radius 1 is 0.735 bits per heavy atom. The zero-order chi connectivity index (χ0) is 22.7. The van der Waals surface area contributed by atoms with Crippen molar-refractivity contribution in [1.82, 2.24) is 0 Å². The number of fused-ring (bicyclic) bond motifs is 3. The van der Waals surface area contributed by atoms with E-state index >= 15 is 0 Å². The van der Waals surface area contributed by atoms with Gasteiger partial charge in [0.05, 0.1) is 0 Å². The fourth-order valence-corrected chi connectivity index (χ4v) is 17.6. The first-order chi connectivity index (χ1) is 15.1. The number of benzene rings is 2. The van der Waals surface area contributed by atoms with Gasteiger partial charge in [-0.3, -0.25) is 0 Å². The number of hydrogen-bond acceptors (Lipinski definition) is 0. The molecule has 1 saturated carbocycles. The SMILES string of the molecule is C[Si](C)(C)c1ccc2c(c1)-c1cc([Si](C)(C)C)ccc1[CH]2[Zr+2]([C]1=CC=CC1)=[C]1CCCC1.[Cl-].[Cl-]. The van der Waals surface area contributed by atoms with E-state index in [1.165, 1.54) is 32.1 Å². The molecular formula is C29H38Cl2Si2Zr. The summed E-state index contributed by atoms with van der Waals surface area (Å²) in [5.41, 5.74) is 6.54. The van der Waals surface area contributed by atoms with Crippen molar-refractivity contribution in [2.24, 2.45) is 0 Å². The molecule has 0 atom stereocenters. The minimum Gasteiger partial charge on any atom is -1.00 e. The smallest absolute Gasteiger partial charge is 1.00 e. The van der Waals surface area contributed by atoms with Crippen LogP contribution in [0.25, 0.3) is 11.1 Å². The van der Waals surface area contributed by atoms with Gasteiger partial charge in [0.2, 0.25) is 0 Å². The molecule has 34 heavy (non-hydrogen) atoms. The van der Waals surface area contributed by atoms with Crippen molar-refractivity contribution in [3.8, 4) is 11.1 Å². The van der Waals surface area contributed by atoms with E-state index in [0.717, 1.165) is 0 Å². The van der Waals surface area contributed by atoms with Gasteiger partial charge in [-0.1, -0.05) is 0 Å². The Bertz CT molecular complexity index is 1110. The van der Waals surface area contributed by atoms with Gasteiger partial charge in [-0.15, -0.1) is 0 Å². The van der Waals surface area contributed by atoms with Crippen LogP contribution in [0.4, 0.5) is 0 Å². The zero-order valence-corrected chi connectivity index (χ0v) is 27.5. The molecule has 3 aliphatic rings. The van der Waals surface area contributed by atoms with E-state index in [1.807, 2.05) is 6.49 Å². The quantitative estimate of drug-likeness (QED) is 0.459. The van der Waals surface area contributed by atoms with Gasteiger partial charge in [0.15, 0.2) is 0 Å². The summed E-state index contributed by atoms with van der Waals surface area (Å²) in [6.07, 6.45) is 14.2. The Kier molecular flexibility index (Phi) is 8.80. The standard InChI is InChI=1S/C19H25Si2.C5H8.C5H5.2ClH.Zr/c1-20(2,3)16-9-7-14-11-15-8-10-17(21(4,5)6)13-19(15)18(14)12-16;2*1-2-4-5-3-1;;;/h7-13H,1-6H3;1-4H2;1-3H,4H2;2*1H;/q;;;;;+2/p-2. The molecule has 0 saturated heterocycles. The molecule has 0 unspecified atom stereocenters. The molecule has 5 rings (SSSR count). The number of hydrogen-bond donors (Lipinski definition) is 0. The molecule has 0 N–H and O–H groups in total. The molecule has 0 aromatic heterocycles. The number of halogens is 2. The van der Waals surface area contributed by atoms with Crippen molar-refractivity contribution < 1.29 is 46.1 Å². The van der Waals surface area contributed by atoms with Crippen molar-refractivity contribution in [2.75, 3.05) is 0 Å². The Morgan fingerprint density at radius 3 is 1.65 bits per heavy atom. The Balaban J connectivity index is 0.00000162. The van der Waals surface area contributed by atoms with Gasteiger partial charge in [0.25, 0.3) is 0 Å². The van der Waals surface area contributed by atoms with Gasteiger partial charge in [-0.25, -0.2) is 0 Å². The Labute approximate surface area is 229 Å². The van der Waals surface area contributed by atoms with E-state index < -0.39 is 37.4 Å². The first-order valence-electron chi connectivity index (χ1n) is 12.5. The molecule has 1 fully saturated rings. The summed E-state index contributed by atoms with van der Waals surface area (Å²) in [7, 11) is -2.70. The van der Waals surface area contributed by atoms with Crippen molar-refractivity contribution >= 4 is 29.7 Å². The average molecular weight is 605 g/mol. The van der Waals surface area contributed by atoms with Gasteiger partial charge >= 0.3 is 206 Å². The van der Waals surface area contributed by atoms with Crippen molar-refractivity contribution in [3.05, 3.63) is 69.0 Å². The summed E-state index contributed by atoms with van der Waals surface area (Å²) < 4.78 is 4.54. The maximum absolute atomic E-state index is 2.62. The van der Waals surface area contributed by atoms with E-state index in [2.05, 4.69) is 93.9 Å². The molecule has 0 bridgehead atoms. The van der Waals surface area contributed by atoms with Crippen LogP contribution < -0.4 is 35.2 Å². The van der Waals surface area contributed by atoms with Crippen LogP contribution in [0.3, 0.4) is 0 Å². The molecule has 5 heteroatoms. The summed E-state index contributed by atoms with van der Waals surface area (Å²) >= 11 is -2.00. The summed E-state index contributed by atoms with van der Waals surface area (Å²) in [5.74, 6) is 0. The van der Waals surface area contributed by atoms with Gasteiger partial charge in [-0.2, -0.15) is 0 Å². The second-order valence-electron chi connectivity index (χ2n) is 12.1. The molecule has 2 aromatic carbocycles. The molecule has 0 aliphatic heterocycles. The third kappa shape index (κ3) is 5.21. The van der Waals surface area contributed by atoms with Crippen LogP contribution in [-0.2, 0) is 21.3 Å². The average Bonchev–Trinajstić information content (AvgIpc) is 3.48. The largest absolute Gasteiger partial charge is 1.00 e. The first-order valence-corrected chi connectivity index (χ1v) is 23.4. The fourth-order valence-electron chi connectivity index (χ4n) is 5.83. The molecule has 0 radical (unpaired) electrons. The number of rotatable bonds is 4. The van der Waals surface area contributed by atoms with Crippen LogP contribution >= 0.6 is 0 Å². The monoisotopic (exact) mass is 602 g/mol. The topological polar surface area (TPSA) is 0 Å². The van der Waals surface area contributed by atoms with E-state index in [0.29, 0.717) is 3.63 Å². The van der Waals surface area contributed by atoms with Gasteiger partial charge in [-0.05, 0) is 0 Å². The molecule has 0 spiro atoms. The van der Waals surface area contributed by atoms with Crippen LogP contribution in [0, 0.1) is 0 Å². The van der Waals surface area contributed by atoms with E-state index in [4.69, 9.17) is 0 Å². The third-order valence-electron chi connectivity index (χ3n) is 7.74. The summed E-state index contributed by atoms with van der Waals surface area (Å²) in [4.78, 5) is 0. The minimum absolute atomic E-state index is 0. The fraction of sp³-hybridized carbons (Fsp3) is 0.414. The molecule has 0 amide bonds. The van der Waals surface area contributed by atoms with Gasteiger partial charge in [0.1, 0.15) is 0 Å². The van der Waals surface area contributed by atoms with Crippen LogP contribution in [0.5, 0.6) is 0 Å². The molecule has 0 heterocycles. The van der Waals surface area contributed by atoms with Crippen LogP contribution in [0.15, 0.2) is 57.9 Å². The van der Waals surface area contributed by atoms with Crippen LogP contribution in [-0.4, -0.2) is 19.4 Å². The van der Waals surface area contributed by atoms with E-state index in [-0.39, 0.29) is 24.8 Å². The predicted molar refractivity (Wildman–Crippen MR) is 145 cm³/mol.